The number of rotatable bonds is 4. The molecule has 0 bridgehead atoms. The zero-order valence-electron chi connectivity index (χ0n) is 9.34. The lowest BCUT2D eigenvalue weighted by atomic mass is 10.0. The average Bonchev–Trinajstić information content (AvgIpc) is 2.14. The van der Waals surface area contributed by atoms with Crippen LogP contribution in [0.5, 0.6) is 0 Å². The van der Waals surface area contributed by atoms with Crippen LogP contribution in [0.3, 0.4) is 0 Å². The van der Waals surface area contributed by atoms with Crippen molar-refractivity contribution in [3.05, 3.63) is 29.3 Å². The molecule has 1 rings (SSSR count). The van der Waals surface area contributed by atoms with Crippen LogP contribution < -0.4 is 0 Å². The van der Waals surface area contributed by atoms with E-state index in [2.05, 4.69) is 0 Å². The molecule has 2 N–H and O–H groups in total. The van der Waals surface area contributed by atoms with E-state index in [4.69, 9.17) is 9.66 Å². The number of hydrogen-bond donors (Lipinski definition) is 2. The summed E-state index contributed by atoms with van der Waals surface area (Å²) in [6.45, 7) is 3.55. The maximum absolute atomic E-state index is 10.9. The van der Waals surface area contributed by atoms with Gasteiger partial charge in [-0.15, -0.1) is 0 Å². The van der Waals surface area contributed by atoms with Crippen molar-refractivity contribution in [3.8, 4) is 0 Å². The number of benzene rings is 1. The van der Waals surface area contributed by atoms with Gasteiger partial charge in [0.25, 0.3) is 10.1 Å². The molecule has 90 valence electrons. The van der Waals surface area contributed by atoms with Gasteiger partial charge in [-0.05, 0) is 49.9 Å². The molecule has 0 radical (unpaired) electrons. The summed E-state index contributed by atoms with van der Waals surface area (Å²) in [6, 6.07) is 4.48. The minimum Gasteiger partial charge on any atom is -0.393 e. The van der Waals surface area contributed by atoms with Crippen molar-refractivity contribution in [1.82, 2.24) is 0 Å². The van der Waals surface area contributed by atoms with Gasteiger partial charge in [-0.25, -0.2) is 0 Å². The largest absolute Gasteiger partial charge is 0.393 e. The van der Waals surface area contributed by atoms with E-state index >= 15 is 0 Å². The zero-order chi connectivity index (χ0) is 12.3. The molecule has 0 aromatic heterocycles. The molecule has 1 unspecified atom stereocenters. The van der Waals surface area contributed by atoms with Crippen LogP contribution in [0.25, 0.3) is 0 Å². The highest BCUT2D eigenvalue weighted by molar-refractivity contribution is 7.85. The molecule has 16 heavy (non-hydrogen) atoms. The highest BCUT2D eigenvalue weighted by Gasteiger charge is 2.11. The van der Waals surface area contributed by atoms with E-state index < -0.39 is 16.2 Å². The van der Waals surface area contributed by atoms with Crippen molar-refractivity contribution in [1.29, 1.82) is 0 Å². The first kappa shape index (κ1) is 13.2. The maximum Gasteiger partial charge on any atom is 0.294 e. The van der Waals surface area contributed by atoms with Crippen molar-refractivity contribution in [2.75, 3.05) is 0 Å². The Morgan fingerprint density at radius 2 is 2.00 bits per heavy atom. The lowest BCUT2D eigenvalue weighted by Gasteiger charge is -2.08. The normalized spacial score (nSPS) is 13.8. The molecular formula is C11H16O4S. The average molecular weight is 244 g/mol. The molecule has 1 atom stereocenters. The molecular weight excluding hydrogens is 228 g/mol. The maximum atomic E-state index is 10.9. The number of aliphatic hydroxyl groups excluding tert-OH is 1. The van der Waals surface area contributed by atoms with Crippen LogP contribution in [0.2, 0.25) is 0 Å². The molecule has 0 saturated heterocycles. The van der Waals surface area contributed by atoms with Gasteiger partial charge >= 0.3 is 0 Å². The third-order valence-corrected chi connectivity index (χ3v) is 3.30. The third-order valence-electron chi connectivity index (χ3n) is 2.45. The number of aryl methyl sites for hydroxylation is 2. The topological polar surface area (TPSA) is 74.6 Å². The van der Waals surface area contributed by atoms with E-state index in [-0.39, 0.29) is 4.90 Å². The molecule has 1 aromatic rings. The summed E-state index contributed by atoms with van der Waals surface area (Å²) in [4.78, 5) is -0.0984. The number of hydrogen-bond acceptors (Lipinski definition) is 3. The fraction of sp³-hybridized carbons (Fsp3) is 0.455. The summed E-state index contributed by atoms with van der Waals surface area (Å²) < 4.78 is 30.8. The van der Waals surface area contributed by atoms with Crippen LogP contribution in [0.4, 0.5) is 0 Å². The fourth-order valence-corrected chi connectivity index (χ4v) is 1.97. The van der Waals surface area contributed by atoms with Gasteiger partial charge in [-0.1, -0.05) is 6.07 Å². The molecule has 0 heterocycles. The second-order valence-electron chi connectivity index (χ2n) is 3.95. The van der Waals surface area contributed by atoms with Crippen molar-refractivity contribution < 1.29 is 18.1 Å². The second-order valence-corrected chi connectivity index (χ2v) is 5.37. The van der Waals surface area contributed by atoms with Crippen LogP contribution in [0.1, 0.15) is 24.5 Å². The molecule has 0 amide bonds. The van der Waals surface area contributed by atoms with Crippen molar-refractivity contribution in [3.63, 3.8) is 0 Å². The van der Waals surface area contributed by atoms with Gasteiger partial charge in [0.2, 0.25) is 0 Å². The molecule has 0 spiro atoms. The summed E-state index contributed by atoms with van der Waals surface area (Å²) in [5, 5.41) is 9.17. The second kappa shape index (κ2) is 4.95. The Morgan fingerprint density at radius 3 is 2.50 bits per heavy atom. The van der Waals surface area contributed by atoms with E-state index in [0.717, 1.165) is 11.1 Å². The molecule has 5 heteroatoms. The molecule has 0 aliphatic rings. The Kier molecular flexibility index (Phi) is 4.07. The Morgan fingerprint density at radius 1 is 1.38 bits per heavy atom. The predicted molar refractivity (Wildman–Crippen MR) is 61.0 cm³/mol. The summed E-state index contributed by atoms with van der Waals surface area (Å²) in [6.07, 6.45) is 0.733. The first-order valence-electron chi connectivity index (χ1n) is 5.06. The quantitative estimate of drug-likeness (QED) is 0.788. The smallest absolute Gasteiger partial charge is 0.294 e. The molecule has 4 nitrogen and oxygen atoms in total. The van der Waals surface area contributed by atoms with Crippen LogP contribution in [-0.2, 0) is 16.5 Å². The Balaban J connectivity index is 3.00. The van der Waals surface area contributed by atoms with Crippen molar-refractivity contribution >= 4 is 10.1 Å². The Hall–Kier alpha value is -0.910. The van der Waals surface area contributed by atoms with Gasteiger partial charge in [0.15, 0.2) is 0 Å². The van der Waals surface area contributed by atoms with Crippen LogP contribution in [0.15, 0.2) is 23.1 Å². The lowest BCUT2D eigenvalue weighted by Crippen LogP contribution is -2.04. The van der Waals surface area contributed by atoms with Crippen LogP contribution in [0, 0.1) is 6.92 Å². The first-order valence-corrected chi connectivity index (χ1v) is 6.50. The van der Waals surface area contributed by atoms with Crippen LogP contribution in [-0.4, -0.2) is 24.2 Å². The van der Waals surface area contributed by atoms with Gasteiger partial charge in [0.1, 0.15) is 0 Å². The summed E-state index contributed by atoms with van der Waals surface area (Å²) in [5.74, 6) is 0. The van der Waals surface area contributed by atoms with E-state index in [0.29, 0.717) is 12.8 Å². The fourth-order valence-electron chi connectivity index (χ4n) is 1.44. The monoisotopic (exact) mass is 244 g/mol. The SMILES string of the molecule is Cc1ccc(S(=O)(=O)O)cc1CCC(C)O. The van der Waals surface area contributed by atoms with E-state index in [1.54, 1.807) is 13.0 Å². The molecule has 0 aliphatic carbocycles. The van der Waals surface area contributed by atoms with Crippen LogP contribution >= 0.6 is 0 Å². The lowest BCUT2D eigenvalue weighted by molar-refractivity contribution is 0.185. The Labute approximate surface area is 95.7 Å². The Bertz CT molecular complexity index is 463. The zero-order valence-corrected chi connectivity index (χ0v) is 10.2. The first-order chi connectivity index (χ1) is 7.30. The standard InChI is InChI=1S/C11H16O4S/c1-8-3-6-11(16(13,14)15)7-10(8)5-4-9(2)12/h3,6-7,9,12H,4-5H2,1-2H3,(H,13,14,15). The molecule has 0 aliphatic heterocycles. The highest BCUT2D eigenvalue weighted by Crippen LogP contribution is 2.17. The van der Waals surface area contributed by atoms with Crippen molar-refractivity contribution in [2.45, 2.75) is 37.7 Å². The van der Waals surface area contributed by atoms with Gasteiger partial charge in [0, 0.05) is 0 Å². The predicted octanol–water partition coefficient (Wildman–Crippen LogP) is 1.56. The van der Waals surface area contributed by atoms with Gasteiger partial charge in [-0.3, -0.25) is 4.55 Å². The van der Waals surface area contributed by atoms with Gasteiger partial charge in [-0.2, -0.15) is 8.42 Å². The summed E-state index contributed by atoms with van der Waals surface area (Å²) >= 11 is 0. The third kappa shape index (κ3) is 3.59. The summed E-state index contributed by atoms with van der Waals surface area (Å²) in [5.41, 5.74) is 1.78. The summed E-state index contributed by atoms with van der Waals surface area (Å²) in [7, 11) is -4.14. The molecule has 0 saturated carbocycles. The van der Waals surface area contributed by atoms with E-state index in [9.17, 15) is 8.42 Å². The van der Waals surface area contributed by atoms with Crippen molar-refractivity contribution in [2.24, 2.45) is 0 Å². The molecule has 0 fully saturated rings. The minimum absolute atomic E-state index is 0.0984. The molecule has 1 aromatic carbocycles. The minimum atomic E-state index is -4.14. The highest BCUT2D eigenvalue weighted by atomic mass is 32.2. The van der Waals surface area contributed by atoms with Gasteiger partial charge < -0.3 is 5.11 Å². The van der Waals surface area contributed by atoms with E-state index in [1.165, 1.54) is 12.1 Å². The van der Waals surface area contributed by atoms with Gasteiger partial charge in [0.05, 0.1) is 11.0 Å². The number of aliphatic hydroxyl groups is 1. The van der Waals surface area contributed by atoms with E-state index in [1.807, 2.05) is 6.92 Å².